The Bertz CT molecular complexity index is 396. The zero-order chi connectivity index (χ0) is 12.8. The summed E-state index contributed by atoms with van der Waals surface area (Å²) in [7, 11) is 1.73. The zero-order valence-corrected chi connectivity index (χ0v) is 11.4. The topological polar surface area (TPSA) is 29.5 Å². The minimum atomic E-state index is -0.0575. The highest BCUT2D eigenvalue weighted by Gasteiger charge is 2.09. The van der Waals surface area contributed by atoms with E-state index in [0.29, 0.717) is 23.2 Å². The molecule has 1 amide bonds. The highest BCUT2D eigenvalue weighted by atomic mass is 35.5. The third kappa shape index (κ3) is 4.54. The van der Waals surface area contributed by atoms with Crippen LogP contribution in [0.2, 0.25) is 10.0 Å². The van der Waals surface area contributed by atoms with E-state index in [9.17, 15) is 4.79 Å². The minimum absolute atomic E-state index is 0.0575. The standard InChI is InChI=1S/C12H15Cl2NO2/c1-3-17-8-12(16)15(2)7-9-4-5-10(13)11(14)6-9/h4-6H,3,7-8H2,1-2H3. The van der Waals surface area contributed by atoms with Crippen molar-refractivity contribution < 1.29 is 9.53 Å². The molecule has 0 aliphatic carbocycles. The predicted molar refractivity (Wildman–Crippen MR) is 69.4 cm³/mol. The summed E-state index contributed by atoms with van der Waals surface area (Å²) in [5.74, 6) is -0.0575. The molecular weight excluding hydrogens is 261 g/mol. The lowest BCUT2D eigenvalue weighted by molar-refractivity contribution is -0.135. The second-order valence-electron chi connectivity index (χ2n) is 3.64. The number of hydrogen-bond donors (Lipinski definition) is 0. The van der Waals surface area contributed by atoms with Crippen molar-refractivity contribution in [3.63, 3.8) is 0 Å². The molecule has 0 bridgehead atoms. The first kappa shape index (κ1) is 14.3. The Morgan fingerprint density at radius 1 is 1.35 bits per heavy atom. The Hall–Kier alpha value is -0.770. The molecule has 0 fully saturated rings. The van der Waals surface area contributed by atoms with Crippen molar-refractivity contribution in [2.24, 2.45) is 0 Å². The molecule has 1 aromatic rings. The third-order valence-corrected chi connectivity index (χ3v) is 3.00. The van der Waals surface area contributed by atoms with Crippen LogP contribution in [0.25, 0.3) is 0 Å². The Kier molecular flexibility index (Phi) is 5.75. The number of amides is 1. The summed E-state index contributed by atoms with van der Waals surface area (Å²) >= 11 is 11.7. The van der Waals surface area contributed by atoms with Gasteiger partial charge in [0.2, 0.25) is 5.91 Å². The van der Waals surface area contributed by atoms with Crippen LogP contribution >= 0.6 is 23.2 Å². The number of benzene rings is 1. The Balaban J connectivity index is 2.58. The Morgan fingerprint density at radius 2 is 2.06 bits per heavy atom. The normalized spacial score (nSPS) is 10.4. The van der Waals surface area contributed by atoms with Crippen LogP contribution in [-0.2, 0) is 16.1 Å². The van der Waals surface area contributed by atoms with E-state index in [4.69, 9.17) is 27.9 Å². The molecule has 3 nitrogen and oxygen atoms in total. The van der Waals surface area contributed by atoms with Crippen LogP contribution in [-0.4, -0.2) is 31.1 Å². The lowest BCUT2D eigenvalue weighted by Gasteiger charge is -2.17. The van der Waals surface area contributed by atoms with Crippen molar-refractivity contribution in [2.45, 2.75) is 13.5 Å². The van der Waals surface area contributed by atoms with E-state index >= 15 is 0 Å². The van der Waals surface area contributed by atoms with Gasteiger partial charge in [-0.25, -0.2) is 0 Å². The van der Waals surface area contributed by atoms with Gasteiger partial charge in [-0.2, -0.15) is 0 Å². The van der Waals surface area contributed by atoms with E-state index in [2.05, 4.69) is 0 Å². The molecule has 0 aliphatic heterocycles. The summed E-state index contributed by atoms with van der Waals surface area (Å²) in [6, 6.07) is 5.33. The molecule has 1 rings (SSSR count). The van der Waals surface area contributed by atoms with Crippen LogP contribution in [0.1, 0.15) is 12.5 Å². The van der Waals surface area contributed by atoms with Crippen LogP contribution < -0.4 is 0 Å². The van der Waals surface area contributed by atoms with Crippen LogP contribution in [0.3, 0.4) is 0 Å². The monoisotopic (exact) mass is 275 g/mol. The summed E-state index contributed by atoms with van der Waals surface area (Å²) in [5, 5.41) is 1.01. The molecular formula is C12H15Cl2NO2. The van der Waals surface area contributed by atoms with Gasteiger partial charge in [-0.05, 0) is 24.6 Å². The van der Waals surface area contributed by atoms with Gasteiger partial charge in [0.05, 0.1) is 10.0 Å². The summed E-state index contributed by atoms with van der Waals surface area (Å²) in [4.78, 5) is 13.2. The third-order valence-electron chi connectivity index (χ3n) is 2.26. The number of rotatable bonds is 5. The zero-order valence-electron chi connectivity index (χ0n) is 9.87. The van der Waals surface area contributed by atoms with Crippen molar-refractivity contribution in [1.29, 1.82) is 0 Å². The molecule has 17 heavy (non-hydrogen) atoms. The van der Waals surface area contributed by atoms with Crippen LogP contribution in [0.5, 0.6) is 0 Å². The predicted octanol–water partition coefficient (Wildman–Crippen LogP) is 2.99. The van der Waals surface area contributed by atoms with Crippen molar-refractivity contribution in [3.05, 3.63) is 33.8 Å². The van der Waals surface area contributed by atoms with E-state index in [1.165, 1.54) is 0 Å². The maximum atomic E-state index is 11.6. The SMILES string of the molecule is CCOCC(=O)N(C)Cc1ccc(Cl)c(Cl)c1. The van der Waals surface area contributed by atoms with Gasteiger partial charge in [0.25, 0.3) is 0 Å². The van der Waals surface area contributed by atoms with Gasteiger partial charge < -0.3 is 9.64 Å². The highest BCUT2D eigenvalue weighted by Crippen LogP contribution is 2.23. The first-order chi connectivity index (χ1) is 8.04. The smallest absolute Gasteiger partial charge is 0.248 e. The van der Waals surface area contributed by atoms with Crippen LogP contribution in [0, 0.1) is 0 Å². The fraction of sp³-hybridized carbons (Fsp3) is 0.417. The van der Waals surface area contributed by atoms with Gasteiger partial charge in [0, 0.05) is 20.2 Å². The number of likely N-dealkylation sites (N-methyl/N-ethyl adjacent to an activating group) is 1. The lowest BCUT2D eigenvalue weighted by Crippen LogP contribution is -2.29. The molecule has 1 aromatic carbocycles. The van der Waals surface area contributed by atoms with Gasteiger partial charge in [-0.1, -0.05) is 29.3 Å². The summed E-state index contributed by atoms with van der Waals surface area (Å²) in [6.45, 7) is 2.98. The van der Waals surface area contributed by atoms with Gasteiger partial charge in [-0.3, -0.25) is 4.79 Å². The second-order valence-corrected chi connectivity index (χ2v) is 4.45. The van der Waals surface area contributed by atoms with Gasteiger partial charge >= 0.3 is 0 Å². The molecule has 0 spiro atoms. The quantitative estimate of drug-likeness (QED) is 0.827. The Morgan fingerprint density at radius 3 is 2.65 bits per heavy atom. The van der Waals surface area contributed by atoms with Crippen molar-refractivity contribution in [3.8, 4) is 0 Å². The lowest BCUT2D eigenvalue weighted by atomic mass is 10.2. The number of halogens is 2. The average Bonchev–Trinajstić information content (AvgIpc) is 2.30. The molecule has 0 saturated carbocycles. The van der Waals surface area contributed by atoms with Crippen molar-refractivity contribution in [2.75, 3.05) is 20.3 Å². The minimum Gasteiger partial charge on any atom is -0.372 e. The molecule has 0 N–H and O–H groups in total. The van der Waals surface area contributed by atoms with Gasteiger partial charge in [-0.15, -0.1) is 0 Å². The number of carbonyl (C=O) groups is 1. The molecule has 0 radical (unpaired) electrons. The fourth-order valence-corrected chi connectivity index (χ4v) is 1.62. The molecule has 94 valence electrons. The van der Waals surface area contributed by atoms with Crippen LogP contribution in [0.4, 0.5) is 0 Å². The van der Waals surface area contributed by atoms with E-state index in [-0.39, 0.29) is 12.5 Å². The fourth-order valence-electron chi connectivity index (χ4n) is 1.30. The molecule has 0 aliphatic rings. The largest absolute Gasteiger partial charge is 0.372 e. The van der Waals surface area contributed by atoms with E-state index in [1.807, 2.05) is 13.0 Å². The molecule has 0 aromatic heterocycles. The summed E-state index contributed by atoms with van der Waals surface area (Å²) in [6.07, 6.45) is 0. The van der Waals surface area contributed by atoms with E-state index < -0.39 is 0 Å². The summed E-state index contributed by atoms with van der Waals surface area (Å²) < 4.78 is 5.06. The molecule has 0 atom stereocenters. The number of nitrogens with zero attached hydrogens (tertiary/aromatic N) is 1. The summed E-state index contributed by atoms with van der Waals surface area (Å²) in [5.41, 5.74) is 0.937. The van der Waals surface area contributed by atoms with Gasteiger partial charge in [0.1, 0.15) is 6.61 Å². The van der Waals surface area contributed by atoms with Crippen molar-refractivity contribution >= 4 is 29.1 Å². The Labute approximate surface area is 111 Å². The maximum Gasteiger partial charge on any atom is 0.248 e. The molecule has 0 unspecified atom stereocenters. The first-order valence-corrected chi connectivity index (χ1v) is 6.05. The van der Waals surface area contributed by atoms with E-state index in [0.717, 1.165) is 5.56 Å². The first-order valence-electron chi connectivity index (χ1n) is 5.30. The molecule has 0 saturated heterocycles. The van der Waals surface area contributed by atoms with E-state index in [1.54, 1.807) is 24.1 Å². The highest BCUT2D eigenvalue weighted by molar-refractivity contribution is 6.42. The second kappa shape index (κ2) is 6.84. The average molecular weight is 276 g/mol. The number of hydrogen-bond acceptors (Lipinski definition) is 2. The molecule has 0 heterocycles. The number of ether oxygens (including phenoxy) is 1. The van der Waals surface area contributed by atoms with Crippen molar-refractivity contribution in [1.82, 2.24) is 4.90 Å². The maximum absolute atomic E-state index is 11.6. The van der Waals surface area contributed by atoms with Crippen LogP contribution in [0.15, 0.2) is 18.2 Å². The number of carbonyl (C=O) groups excluding carboxylic acids is 1. The molecule has 5 heteroatoms. The van der Waals surface area contributed by atoms with Gasteiger partial charge in [0.15, 0.2) is 0 Å².